The summed E-state index contributed by atoms with van der Waals surface area (Å²) in [5.41, 5.74) is 2.60. The van der Waals surface area contributed by atoms with Crippen molar-refractivity contribution in [2.75, 3.05) is 10.8 Å². The number of halogens is 1. The van der Waals surface area contributed by atoms with Crippen LogP contribution in [-0.2, 0) is 26.2 Å². The Hall–Kier alpha value is -3.36. The highest BCUT2D eigenvalue weighted by Crippen LogP contribution is 2.26. The van der Waals surface area contributed by atoms with Gasteiger partial charge in [-0.3, -0.25) is 13.9 Å². The summed E-state index contributed by atoms with van der Waals surface area (Å²) in [6, 6.07) is 19.6. The largest absolute Gasteiger partial charge is 0.350 e. The highest BCUT2D eigenvalue weighted by atomic mass is 35.5. The van der Waals surface area contributed by atoms with Crippen LogP contribution in [0.3, 0.4) is 0 Å². The normalized spacial score (nSPS) is 12.5. The van der Waals surface area contributed by atoms with Crippen molar-refractivity contribution in [3.8, 4) is 0 Å². The smallest absolute Gasteiger partial charge is 0.264 e. The molecule has 2 amide bonds. The molecule has 0 aliphatic rings. The van der Waals surface area contributed by atoms with E-state index in [1.165, 1.54) is 17.0 Å². The predicted octanol–water partition coefficient (Wildman–Crippen LogP) is 5.87. The fourth-order valence-corrected chi connectivity index (χ4v) is 5.78. The first-order chi connectivity index (χ1) is 18.7. The van der Waals surface area contributed by atoms with E-state index in [4.69, 9.17) is 11.6 Å². The highest BCUT2D eigenvalue weighted by Gasteiger charge is 2.34. The summed E-state index contributed by atoms with van der Waals surface area (Å²) in [6.45, 7) is 11.0. The Kier molecular flexibility index (Phi) is 10.0. The number of aryl methyl sites for hydroxylation is 2. The summed E-state index contributed by atoms with van der Waals surface area (Å²) in [6.07, 6.45) is 0.352. The molecule has 1 N–H and O–H groups in total. The highest BCUT2D eigenvalue weighted by molar-refractivity contribution is 7.92. The van der Waals surface area contributed by atoms with Crippen molar-refractivity contribution in [1.82, 2.24) is 10.2 Å². The van der Waals surface area contributed by atoms with Gasteiger partial charge in [-0.25, -0.2) is 8.42 Å². The maximum Gasteiger partial charge on any atom is 0.264 e. The molecule has 0 saturated carbocycles. The topological polar surface area (TPSA) is 86.8 Å². The first-order valence-corrected chi connectivity index (χ1v) is 15.0. The summed E-state index contributed by atoms with van der Waals surface area (Å²) >= 11 is 6.08. The van der Waals surface area contributed by atoms with Crippen LogP contribution in [0.2, 0.25) is 5.02 Å². The van der Waals surface area contributed by atoms with E-state index < -0.39 is 34.1 Å². The summed E-state index contributed by atoms with van der Waals surface area (Å²) in [5.74, 6) is -0.794. The van der Waals surface area contributed by atoms with Gasteiger partial charge in [-0.1, -0.05) is 66.0 Å². The van der Waals surface area contributed by atoms with E-state index in [1.54, 1.807) is 36.4 Å². The Balaban J connectivity index is 2.06. The second-order valence-corrected chi connectivity index (χ2v) is 13.3. The van der Waals surface area contributed by atoms with Gasteiger partial charge in [0.15, 0.2) is 0 Å². The number of carbonyl (C=O) groups excluding carboxylic acids is 2. The van der Waals surface area contributed by atoms with E-state index in [0.29, 0.717) is 17.1 Å². The van der Waals surface area contributed by atoms with Gasteiger partial charge < -0.3 is 10.2 Å². The molecule has 214 valence electrons. The zero-order chi connectivity index (χ0) is 29.7. The quantitative estimate of drug-likeness (QED) is 0.323. The maximum absolute atomic E-state index is 14.1. The number of anilines is 1. The summed E-state index contributed by atoms with van der Waals surface area (Å²) in [7, 11) is -4.13. The van der Waals surface area contributed by atoms with Crippen molar-refractivity contribution in [2.24, 2.45) is 0 Å². The number of benzene rings is 3. The first-order valence-electron chi connectivity index (χ1n) is 13.2. The third-order valence-electron chi connectivity index (χ3n) is 6.36. The van der Waals surface area contributed by atoms with E-state index in [2.05, 4.69) is 5.32 Å². The number of nitrogens with zero attached hydrogens (tertiary/aromatic N) is 2. The number of nitrogens with one attached hydrogen (secondary N) is 1. The second-order valence-electron chi connectivity index (χ2n) is 11.0. The summed E-state index contributed by atoms with van der Waals surface area (Å²) in [4.78, 5) is 29.0. The van der Waals surface area contributed by atoms with Gasteiger partial charge in [0, 0.05) is 17.1 Å². The predicted molar refractivity (Wildman–Crippen MR) is 161 cm³/mol. The van der Waals surface area contributed by atoms with Crippen LogP contribution >= 0.6 is 11.6 Å². The van der Waals surface area contributed by atoms with Gasteiger partial charge in [-0.15, -0.1) is 0 Å². The van der Waals surface area contributed by atoms with Crippen LogP contribution in [0, 0.1) is 13.8 Å². The molecule has 9 heteroatoms. The Morgan fingerprint density at radius 2 is 1.40 bits per heavy atom. The fraction of sp³-hybridized carbons (Fsp3) is 0.355. The van der Waals surface area contributed by atoms with Gasteiger partial charge in [0.05, 0.1) is 10.6 Å². The van der Waals surface area contributed by atoms with E-state index in [0.717, 1.165) is 21.0 Å². The van der Waals surface area contributed by atoms with Gasteiger partial charge in [0.2, 0.25) is 11.8 Å². The lowest BCUT2D eigenvalue weighted by molar-refractivity contribution is -0.141. The van der Waals surface area contributed by atoms with Crippen LogP contribution in [0.5, 0.6) is 0 Å². The van der Waals surface area contributed by atoms with Crippen molar-refractivity contribution >= 4 is 39.1 Å². The van der Waals surface area contributed by atoms with Gasteiger partial charge in [0.1, 0.15) is 12.6 Å². The Morgan fingerprint density at radius 1 is 0.875 bits per heavy atom. The number of sulfonamides is 1. The standard InChI is InChI=1S/C31H38ClN3O4S/c1-7-28(30(37)33-31(4,5)6)34(20-24-12-8-22(2)9-13-24)29(36)21-35(26-16-14-25(32)15-17-26)40(38,39)27-18-10-23(3)11-19-27/h8-19,28H,7,20-21H2,1-6H3,(H,33,37). The van der Waals surface area contributed by atoms with Gasteiger partial charge in [0.25, 0.3) is 10.0 Å². The zero-order valence-electron chi connectivity index (χ0n) is 23.9. The molecule has 0 aromatic heterocycles. The molecule has 1 unspecified atom stereocenters. The molecule has 7 nitrogen and oxygen atoms in total. The molecular formula is C31H38ClN3O4S. The van der Waals surface area contributed by atoms with Crippen molar-refractivity contribution in [3.63, 3.8) is 0 Å². The van der Waals surface area contributed by atoms with Crippen molar-refractivity contribution in [1.29, 1.82) is 0 Å². The van der Waals surface area contributed by atoms with Crippen LogP contribution in [0.4, 0.5) is 5.69 Å². The number of hydrogen-bond donors (Lipinski definition) is 1. The molecule has 0 bridgehead atoms. The first kappa shape index (κ1) is 31.2. The number of amides is 2. The van der Waals surface area contributed by atoms with Crippen LogP contribution in [-0.4, -0.2) is 43.3 Å². The molecule has 0 spiro atoms. The average molecular weight is 584 g/mol. The molecule has 1 atom stereocenters. The third kappa shape index (κ3) is 8.08. The van der Waals surface area contributed by atoms with Gasteiger partial charge in [-0.2, -0.15) is 0 Å². The lowest BCUT2D eigenvalue weighted by Crippen LogP contribution is -2.55. The molecule has 3 aromatic rings. The van der Waals surface area contributed by atoms with Crippen molar-refractivity contribution in [2.45, 2.75) is 71.0 Å². The van der Waals surface area contributed by atoms with E-state index in [1.807, 2.05) is 65.8 Å². The minimum atomic E-state index is -4.13. The Bertz CT molecular complexity index is 1420. The third-order valence-corrected chi connectivity index (χ3v) is 8.40. The van der Waals surface area contributed by atoms with Crippen molar-refractivity contribution in [3.05, 3.63) is 94.5 Å². The number of carbonyl (C=O) groups is 2. The molecule has 3 aromatic carbocycles. The average Bonchev–Trinajstić information content (AvgIpc) is 2.88. The molecular weight excluding hydrogens is 546 g/mol. The number of hydrogen-bond acceptors (Lipinski definition) is 4. The van der Waals surface area contributed by atoms with E-state index in [-0.39, 0.29) is 17.3 Å². The molecule has 0 heterocycles. The molecule has 3 rings (SSSR count). The SMILES string of the molecule is CCC(C(=O)NC(C)(C)C)N(Cc1ccc(C)cc1)C(=O)CN(c1ccc(Cl)cc1)S(=O)(=O)c1ccc(C)cc1. The lowest BCUT2D eigenvalue weighted by Gasteiger charge is -2.34. The zero-order valence-corrected chi connectivity index (χ0v) is 25.5. The maximum atomic E-state index is 14.1. The molecule has 40 heavy (non-hydrogen) atoms. The molecule has 0 aliphatic carbocycles. The Morgan fingerprint density at radius 3 is 1.90 bits per heavy atom. The molecule has 0 radical (unpaired) electrons. The van der Waals surface area contributed by atoms with Gasteiger partial charge in [-0.05, 0) is 83.0 Å². The molecule has 0 aliphatic heterocycles. The molecule has 0 saturated heterocycles. The summed E-state index contributed by atoms with van der Waals surface area (Å²) < 4.78 is 28.8. The monoisotopic (exact) mass is 583 g/mol. The van der Waals surface area contributed by atoms with Gasteiger partial charge >= 0.3 is 0 Å². The van der Waals surface area contributed by atoms with Crippen LogP contribution in [0.25, 0.3) is 0 Å². The second kappa shape index (κ2) is 12.9. The minimum absolute atomic E-state index is 0.0588. The molecule has 0 fully saturated rings. The van der Waals surface area contributed by atoms with Crippen molar-refractivity contribution < 1.29 is 18.0 Å². The summed E-state index contributed by atoms with van der Waals surface area (Å²) in [5, 5.41) is 3.41. The lowest BCUT2D eigenvalue weighted by atomic mass is 10.1. The Labute approximate surface area is 243 Å². The minimum Gasteiger partial charge on any atom is -0.350 e. The van der Waals surface area contributed by atoms with Crippen LogP contribution in [0.15, 0.2) is 77.7 Å². The number of rotatable bonds is 10. The van der Waals surface area contributed by atoms with E-state index >= 15 is 0 Å². The van der Waals surface area contributed by atoms with Crippen LogP contribution < -0.4 is 9.62 Å². The van der Waals surface area contributed by atoms with Crippen LogP contribution in [0.1, 0.15) is 50.8 Å². The fourth-order valence-electron chi connectivity index (χ4n) is 4.24. The van der Waals surface area contributed by atoms with E-state index in [9.17, 15) is 18.0 Å².